The van der Waals surface area contributed by atoms with Crippen LogP contribution in [0.15, 0.2) is 48.5 Å². The first-order chi connectivity index (χ1) is 12.6. The summed E-state index contributed by atoms with van der Waals surface area (Å²) in [6.45, 7) is 1.07. The maximum Gasteiger partial charge on any atom is 0.410 e. The number of benzene rings is 2. The van der Waals surface area contributed by atoms with Gasteiger partial charge in [0.2, 0.25) is 0 Å². The highest BCUT2D eigenvalue weighted by molar-refractivity contribution is 5.67. The van der Waals surface area contributed by atoms with E-state index in [2.05, 4.69) is 0 Å². The molecule has 5 nitrogen and oxygen atoms in total. The van der Waals surface area contributed by atoms with Crippen LogP contribution in [0, 0.1) is 5.82 Å². The first-order valence-electron chi connectivity index (χ1n) is 8.66. The van der Waals surface area contributed by atoms with Crippen molar-refractivity contribution >= 4 is 6.09 Å². The predicted molar refractivity (Wildman–Crippen MR) is 94.2 cm³/mol. The van der Waals surface area contributed by atoms with E-state index in [0.717, 1.165) is 5.56 Å². The summed E-state index contributed by atoms with van der Waals surface area (Å²) in [6, 6.07) is 13.8. The van der Waals surface area contributed by atoms with Gasteiger partial charge < -0.3 is 19.5 Å². The fourth-order valence-electron chi connectivity index (χ4n) is 2.94. The van der Waals surface area contributed by atoms with Crippen LogP contribution in [-0.4, -0.2) is 35.3 Å². The molecule has 1 aliphatic heterocycles. The van der Waals surface area contributed by atoms with Gasteiger partial charge in [-0.1, -0.05) is 30.3 Å². The average molecular weight is 359 g/mol. The van der Waals surface area contributed by atoms with Crippen LogP contribution in [0.25, 0.3) is 0 Å². The Hall–Kier alpha value is -2.60. The molecular formula is C20H22FNO4. The Morgan fingerprint density at radius 2 is 1.85 bits per heavy atom. The van der Waals surface area contributed by atoms with E-state index in [9.17, 15) is 9.18 Å². The smallest absolute Gasteiger partial charge is 0.410 e. The number of carbonyl (C=O) groups excluding carboxylic acids is 1. The van der Waals surface area contributed by atoms with Crippen LogP contribution in [0.1, 0.15) is 24.0 Å². The van der Waals surface area contributed by atoms with Crippen molar-refractivity contribution < 1.29 is 23.8 Å². The minimum Gasteiger partial charge on any atom is -0.490 e. The molecule has 0 aromatic heterocycles. The number of likely N-dealkylation sites (tertiary alicyclic amines) is 1. The fraction of sp³-hybridized carbons (Fsp3) is 0.350. The van der Waals surface area contributed by atoms with Crippen LogP contribution in [0.4, 0.5) is 9.18 Å². The van der Waals surface area contributed by atoms with Crippen molar-refractivity contribution in [3.05, 3.63) is 65.5 Å². The summed E-state index contributed by atoms with van der Waals surface area (Å²) in [4.78, 5) is 13.8. The first kappa shape index (κ1) is 18.2. The van der Waals surface area contributed by atoms with Crippen molar-refractivity contribution in [2.75, 3.05) is 13.1 Å². The summed E-state index contributed by atoms with van der Waals surface area (Å²) in [5.41, 5.74) is 1.42. The fourth-order valence-corrected chi connectivity index (χ4v) is 2.94. The zero-order chi connectivity index (χ0) is 18.4. The molecule has 0 saturated carbocycles. The summed E-state index contributed by atoms with van der Waals surface area (Å²) in [7, 11) is 0. The van der Waals surface area contributed by atoms with E-state index in [0.29, 0.717) is 37.2 Å². The summed E-state index contributed by atoms with van der Waals surface area (Å²) in [5.74, 6) is -0.0346. The summed E-state index contributed by atoms with van der Waals surface area (Å²) in [5, 5.41) is 9.14. The Balaban J connectivity index is 1.46. The third kappa shape index (κ3) is 4.95. The molecule has 0 bridgehead atoms. The second-order valence-corrected chi connectivity index (χ2v) is 6.30. The van der Waals surface area contributed by atoms with Gasteiger partial charge in [0.25, 0.3) is 0 Å². The largest absolute Gasteiger partial charge is 0.490 e. The lowest BCUT2D eigenvalue weighted by atomic mass is 10.1. The van der Waals surface area contributed by atoms with Gasteiger partial charge in [0.15, 0.2) is 0 Å². The standard InChI is InChI=1S/C20H22FNO4/c21-17-10-16(13-23)11-19(12-17)26-18-6-8-22(9-7-18)20(24)25-14-15-4-2-1-3-5-15/h1-5,10-12,18,23H,6-9,13-14H2. The number of amides is 1. The summed E-state index contributed by atoms with van der Waals surface area (Å²) < 4.78 is 24.6. The SMILES string of the molecule is O=C(OCc1ccccc1)N1CCC(Oc2cc(F)cc(CO)c2)CC1. The minimum absolute atomic E-state index is 0.0958. The Morgan fingerprint density at radius 3 is 2.54 bits per heavy atom. The van der Waals surface area contributed by atoms with Gasteiger partial charge in [-0.05, 0) is 23.3 Å². The molecule has 2 aromatic carbocycles. The van der Waals surface area contributed by atoms with Crippen molar-refractivity contribution in [1.82, 2.24) is 4.90 Å². The molecule has 0 spiro atoms. The molecule has 1 N–H and O–H groups in total. The second kappa shape index (κ2) is 8.67. The minimum atomic E-state index is -0.437. The molecule has 0 unspecified atom stereocenters. The lowest BCUT2D eigenvalue weighted by Crippen LogP contribution is -2.42. The number of halogens is 1. The highest BCUT2D eigenvalue weighted by atomic mass is 19.1. The van der Waals surface area contributed by atoms with Gasteiger partial charge in [-0.15, -0.1) is 0 Å². The van der Waals surface area contributed by atoms with Crippen molar-refractivity contribution in [2.24, 2.45) is 0 Å². The third-order valence-corrected chi connectivity index (χ3v) is 4.32. The number of carbonyl (C=O) groups is 1. The molecular weight excluding hydrogens is 337 g/mol. The Labute approximate surface area is 152 Å². The average Bonchev–Trinajstić information content (AvgIpc) is 2.67. The first-order valence-corrected chi connectivity index (χ1v) is 8.66. The van der Waals surface area contributed by atoms with Crippen molar-refractivity contribution in [1.29, 1.82) is 0 Å². The number of aliphatic hydroxyl groups excluding tert-OH is 1. The van der Waals surface area contributed by atoms with Crippen LogP contribution in [0.5, 0.6) is 5.75 Å². The van der Waals surface area contributed by atoms with Crippen LogP contribution in [0.3, 0.4) is 0 Å². The van der Waals surface area contributed by atoms with Crippen LogP contribution in [0.2, 0.25) is 0 Å². The van der Waals surface area contributed by atoms with E-state index < -0.39 is 5.82 Å². The molecule has 1 amide bonds. The van der Waals surface area contributed by atoms with Crippen LogP contribution >= 0.6 is 0 Å². The molecule has 0 aliphatic carbocycles. The molecule has 3 rings (SSSR count). The zero-order valence-electron chi connectivity index (χ0n) is 14.4. The van der Waals surface area contributed by atoms with E-state index >= 15 is 0 Å². The highest BCUT2D eigenvalue weighted by Crippen LogP contribution is 2.22. The van der Waals surface area contributed by atoms with E-state index in [-0.39, 0.29) is 25.4 Å². The van der Waals surface area contributed by atoms with Crippen molar-refractivity contribution in [3.8, 4) is 5.75 Å². The molecule has 26 heavy (non-hydrogen) atoms. The number of nitrogens with zero attached hydrogens (tertiary/aromatic N) is 1. The second-order valence-electron chi connectivity index (χ2n) is 6.30. The third-order valence-electron chi connectivity index (χ3n) is 4.32. The lowest BCUT2D eigenvalue weighted by molar-refractivity contribution is 0.0637. The highest BCUT2D eigenvalue weighted by Gasteiger charge is 2.25. The van der Waals surface area contributed by atoms with Gasteiger partial charge in [-0.2, -0.15) is 0 Å². The van der Waals surface area contributed by atoms with Crippen molar-refractivity contribution in [2.45, 2.75) is 32.2 Å². The van der Waals surface area contributed by atoms with Gasteiger partial charge in [-0.25, -0.2) is 9.18 Å². The van der Waals surface area contributed by atoms with Gasteiger partial charge in [0.05, 0.1) is 6.61 Å². The van der Waals surface area contributed by atoms with Gasteiger partial charge >= 0.3 is 6.09 Å². The van der Waals surface area contributed by atoms with Gasteiger partial charge in [0.1, 0.15) is 24.3 Å². The van der Waals surface area contributed by atoms with Gasteiger partial charge in [0, 0.05) is 32.0 Å². The molecule has 2 aromatic rings. The number of piperidine rings is 1. The molecule has 0 radical (unpaired) electrons. The van der Waals surface area contributed by atoms with E-state index in [1.165, 1.54) is 12.1 Å². The van der Waals surface area contributed by atoms with Crippen molar-refractivity contribution in [3.63, 3.8) is 0 Å². The maximum absolute atomic E-state index is 13.5. The number of hydrogen-bond acceptors (Lipinski definition) is 4. The zero-order valence-corrected chi connectivity index (χ0v) is 14.4. The molecule has 6 heteroatoms. The van der Waals surface area contributed by atoms with E-state index in [4.69, 9.17) is 14.6 Å². The topological polar surface area (TPSA) is 59.0 Å². The Bertz CT molecular complexity index is 730. The molecule has 138 valence electrons. The van der Waals surface area contributed by atoms with Crippen LogP contribution in [-0.2, 0) is 18.0 Å². The monoisotopic (exact) mass is 359 g/mol. The quantitative estimate of drug-likeness (QED) is 0.888. The maximum atomic E-state index is 13.5. The summed E-state index contributed by atoms with van der Waals surface area (Å²) in [6.07, 6.45) is 0.860. The Kier molecular flexibility index (Phi) is 6.07. The number of rotatable bonds is 5. The molecule has 1 fully saturated rings. The van der Waals surface area contributed by atoms with Crippen LogP contribution < -0.4 is 4.74 Å². The predicted octanol–water partition coefficient (Wildman–Crippen LogP) is 3.50. The van der Waals surface area contributed by atoms with E-state index in [1.807, 2.05) is 30.3 Å². The summed E-state index contributed by atoms with van der Waals surface area (Å²) >= 11 is 0. The number of hydrogen-bond donors (Lipinski definition) is 1. The van der Waals surface area contributed by atoms with E-state index in [1.54, 1.807) is 11.0 Å². The number of aliphatic hydroxyl groups is 1. The molecule has 1 saturated heterocycles. The molecule has 0 atom stereocenters. The molecule has 1 aliphatic rings. The molecule has 1 heterocycles. The lowest BCUT2D eigenvalue weighted by Gasteiger charge is -2.31. The van der Waals surface area contributed by atoms with Gasteiger partial charge in [-0.3, -0.25) is 0 Å². The normalized spacial score (nSPS) is 14.9. The Morgan fingerprint density at radius 1 is 1.12 bits per heavy atom. The number of ether oxygens (including phenoxy) is 2.